The molecule has 0 atom stereocenters. The molecule has 1 N–H and O–H groups in total. The number of carboxylic acid groups (broad SMARTS) is 1. The van der Waals surface area contributed by atoms with Crippen molar-refractivity contribution in [2.24, 2.45) is 0 Å². The molecule has 0 fully saturated rings. The highest BCUT2D eigenvalue weighted by Gasteiger charge is 1.95. The molecule has 0 spiro atoms. The first-order valence-corrected chi connectivity index (χ1v) is 2.70. The van der Waals surface area contributed by atoms with Gasteiger partial charge in [0.25, 0.3) is 5.87 Å². The summed E-state index contributed by atoms with van der Waals surface area (Å²) < 4.78 is 4.08. The lowest BCUT2D eigenvalue weighted by Gasteiger charge is -1.90. The first kappa shape index (κ1) is 12.2. The summed E-state index contributed by atoms with van der Waals surface area (Å²) >= 11 is 0. The molecular weight excluding hydrogens is 133 g/mol. The molecular formula is C5H13BNO3. The third kappa shape index (κ3) is 51.5. The topological polar surface area (TPSA) is 49.8 Å². The maximum atomic E-state index is 9.42. The smallest absolute Gasteiger partial charge is 0.435 e. The van der Waals surface area contributed by atoms with Crippen LogP contribution in [-0.2, 0) is 4.65 Å². The summed E-state index contributed by atoms with van der Waals surface area (Å²) in [6.07, 6.45) is 0. The van der Waals surface area contributed by atoms with E-state index < -0.39 is 5.87 Å². The molecule has 0 unspecified atom stereocenters. The number of hydrogen-bond acceptors (Lipinski definition) is 3. The van der Waals surface area contributed by atoms with Gasteiger partial charge in [-0.2, -0.15) is 0 Å². The van der Waals surface area contributed by atoms with Crippen molar-refractivity contribution in [3.05, 3.63) is 0 Å². The minimum atomic E-state index is -1.06. The Morgan fingerprint density at radius 2 is 1.80 bits per heavy atom. The van der Waals surface area contributed by atoms with E-state index in [2.05, 4.69) is 4.65 Å². The molecule has 0 saturated heterocycles. The number of carbonyl (C=O) groups is 1. The molecule has 0 aliphatic carbocycles. The monoisotopic (exact) mass is 146 g/mol. The highest BCUT2D eigenvalue weighted by atomic mass is 16.4. The second kappa shape index (κ2) is 8.45. The lowest BCUT2D eigenvalue weighted by atomic mass is 10.0. The summed E-state index contributed by atoms with van der Waals surface area (Å²) in [5, 5.41) is 7.73. The number of nitrogens with zero attached hydrogens (tertiary/aromatic N) is 1. The first-order chi connectivity index (χ1) is 4.50. The van der Waals surface area contributed by atoms with Gasteiger partial charge in [0.2, 0.25) is 0 Å². The third-order valence-electron chi connectivity index (χ3n) is 0.219. The largest absolute Gasteiger partial charge is 0.487 e. The van der Waals surface area contributed by atoms with Gasteiger partial charge in [0, 0.05) is 7.11 Å². The molecule has 5 heteroatoms. The van der Waals surface area contributed by atoms with Crippen molar-refractivity contribution >= 4 is 13.4 Å². The van der Waals surface area contributed by atoms with Gasteiger partial charge in [-0.3, -0.25) is 4.79 Å². The molecule has 0 bridgehead atoms. The van der Waals surface area contributed by atoms with Crippen molar-refractivity contribution in [3.63, 3.8) is 0 Å². The standard InChI is InChI=1S/C3H9N.C2H4BO3/c1-4(2)3;1-6-3-2(4)5/h1-3H3;1H3,(H,4,5). The Hall–Kier alpha value is -0.545. The molecule has 0 aliphatic heterocycles. The van der Waals surface area contributed by atoms with Crippen LogP contribution >= 0.6 is 0 Å². The minimum Gasteiger partial charge on any atom is -0.487 e. The minimum absolute atomic E-state index is 0.708. The first-order valence-electron chi connectivity index (χ1n) is 2.70. The van der Waals surface area contributed by atoms with Gasteiger partial charge in [-0.1, -0.05) is 0 Å². The predicted molar refractivity (Wildman–Crippen MR) is 40.4 cm³/mol. The zero-order valence-corrected chi connectivity index (χ0v) is 6.79. The molecule has 0 aromatic rings. The van der Waals surface area contributed by atoms with E-state index in [0.717, 1.165) is 0 Å². The average molecular weight is 146 g/mol. The molecule has 0 amide bonds. The molecule has 0 aromatic carbocycles. The summed E-state index contributed by atoms with van der Waals surface area (Å²) in [6.45, 7) is 0. The van der Waals surface area contributed by atoms with Gasteiger partial charge in [-0.05, 0) is 21.1 Å². The van der Waals surface area contributed by atoms with Crippen LogP contribution in [0.15, 0.2) is 0 Å². The van der Waals surface area contributed by atoms with Crippen LogP contribution in [0.3, 0.4) is 0 Å². The van der Waals surface area contributed by atoms with Crippen LogP contribution in [0.1, 0.15) is 0 Å². The van der Waals surface area contributed by atoms with Crippen LogP contribution in [0, 0.1) is 0 Å². The van der Waals surface area contributed by atoms with E-state index in [-0.39, 0.29) is 0 Å². The van der Waals surface area contributed by atoms with E-state index in [1.807, 2.05) is 26.0 Å². The van der Waals surface area contributed by atoms with E-state index in [0.29, 0.717) is 7.48 Å². The number of hydrogen-bond donors (Lipinski definition) is 1. The fourth-order valence-corrected chi connectivity index (χ4v) is 0.101. The Morgan fingerprint density at radius 3 is 1.80 bits per heavy atom. The Balaban J connectivity index is 0. The Kier molecular flexibility index (Phi) is 10.3. The maximum absolute atomic E-state index is 9.42. The van der Waals surface area contributed by atoms with E-state index in [1.54, 1.807) is 0 Å². The van der Waals surface area contributed by atoms with Crippen molar-refractivity contribution in [3.8, 4) is 0 Å². The molecule has 0 rings (SSSR count). The zero-order chi connectivity index (χ0) is 8.57. The number of rotatable bonds is 2. The normalized spacial score (nSPS) is 8.10. The van der Waals surface area contributed by atoms with Gasteiger partial charge >= 0.3 is 7.48 Å². The van der Waals surface area contributed by atoms with Gasteiger partial charge in [0.15, 0.2) is 0 Å². The van der Waals surface area contributed by atoms with E-state index >= 15 is 0 Å². The maximum Gasteiger partial charge on any atom is 0.435 e. The Bertz CT molecular complexity index is 84.2. The Morgan fingerprint density at radius 1 is 1.50 bits per heavy atom. The third-order valence-corrected chi connectivity index (χ3v) is 0.219. The summed E-state index contributed by atoms with van der Waals surface area (Å²) in [4.78, 5) is 11.4. The highest BCUT2D eigenvalue weighted by Crippen LogP contribution is 1.61. The van der Waals surface area contributed by atoms with Gasteiger partial charge in [-0.15, -0.1) is 0 Å². The molecule has 0 heterocycles. The van der Waals surface area contributed by atoms with Crippen LogP contribution in [0.2, 0.25) is 0 Å². The molecule has 0 saturated carbocycles. The van der Waals surface area contributed by atoms with Crippen molar-refractivity contribution in [1.82, 2.24) is 4.90 Å². The molecule has 4 nitrogen and oxygen atoms in total. The lowest BCUT2D eigenvalue weighted by Crippen LogP contribution is -2.06. The van der Waals surface area contributed by atoms with Crippen molar-refractivity contribution in [1.29, 1.82) is 0 Å². The SMILES string of the molecule is CN(C)C.CO[B]C(=O)O. The van der Waals surface area contributed by atoms with E-state index in [9.17, 15) is 4.79 Å². The van der Waals surface area contributed by atoms with Crippen molar-refractivity contribution < 1.29 is 14.6 Å². The van der Waals surface area contributed by atoms with Crippen molar-refractivity contribution in [2.45, 2.75) is 0 Å². The van der Waals surface area contributed by atoms with E-state index in [1.165, 1.54) is 7.11 Å². The van der Waals surface area contributed by atoms with Crippen LogP contribution in [0.25, 0.3) is 0 Å². The molecule has 10 heavy (non-hydrogen) atoms. The Labute approximate surface area is 62.1 Å². The highest BCUT2D eigenvalue weighted by molar-refractivity contribution is 6.66. The molecule has 59 valence electrons. The van der Waals surface area contributed by atoms with Crippen LogP contribution in [0.5, 0.6) is 0 Å². The molecule has 1 radical (unpaired) electrons. The van der Waals surface area contributed by atoms with Crippen LogP contribution in [0.4, 0.5) is 4.79 Å². The summed E-state index contributed by atoms with van der Waals surface area (Å²) in [6, 6.07) is 0. The fraction of sp³-hybridized carbons (Fsp3) is 0.800. The van der Waals surface area contributed by atoms with Crippen LogP contribution < -0.4 is 0 Å². The summed E-state index contributed by atoms with van der Waals surface area (Å²) in [5.41, 5.74) is 0. The average Bonchev–Trinajstić information content (AvgIpc) is 1.62. The summed E-state index contributed by atoms with van der Waals surface area (Å²) in [5.74, 6) is -1.06. The predicted octanol–water partition coefficient (Wildman–Crippen LogP) is 0.108. The van der Waals surface area contributed by atoms with Crippen molar-refractivity contribution in [2.75, 3.05) is 28.3 Å². The van der Waals surface area contributed by atoms with Gasteiger partial charge in [0.05, 0.1) is 0 Å². The second-order valence-corrected chi connectivity index (χ2v) is 2.03. The van der Waals surface area contributed by atoms with Gasteiger partial charge in [0.1, 0.15) is 0 Å². The van der Waals surface area contributed by atoms with Gasteiger partial charge in [-0.25, -0.2) is 0 Å². The molecule has 0 aliphatic rings. The van der Waals surface area contributed by atoms with E-state index in [4.69, 9.17) is 5.11 Å². The second-order valence-electron chi connectivity index (χ2n) is 2.03. The fourth-order valence-electron chi connectivity index (χ4n) is 0.101. The quantitative estimate of drug-likeness (QED) is 0.561. The van der Waals surface area contributed by atoms with Crippen LogP contribution in [-0.4, -0.2) is 51.6 Å². The zero-order valence-electron chi connectivity index (χ0n) is 6.79. The van der Waals surface area contributed by atoms with Gasteiger partial charge < -0.3 is 14.7 Å². The lowest BCUT2D eigenvalue weighted by molar-refractivity contribution is 0.215. The summed E-state index contributed by atoms with van der Waals surface area (Å²) in [7, 11) is 7.99. The molecule has 0 aromatic heterocycles.